The van der Waals surface area contributed by atoms with Crippen molar-refractivity contribution in [3.63, 3.8) is 0 Å². The van der Waals surface area contributed by atoms with Gasteiger partial charge in [0.25, 0.3) is 5.91 Å². The van der Waals surface area contributed by atoms with E-state index in [9.17, 15) is 23.1 Å². The number of carbonyl (C=O) groups excluding carboxylic acids is 1. The van der Waals surface area contributed by atoms with Crippen LogP contribution in [0.2, 0.25) is 0 Å². The molecule has 10 heteroatoms. The number of fused-ring (bicyclic) bond motifs is 1. The summed E-state index contributed by atoms with van der Waals surface area (Å²) in [6, 6.07) is 21.5. The van der Waals surface area contributed by atoms with E-state index in [1.54, 1.807) is 50.5 Å². The van der Waals surface area contributed by atoms with Crippen LogP contribution < -0.4 is 10.0 Å². The van der Waals surface area contributed by atoms with Crippen molar-refractivity contribution in [3.8, 4) is 22.3 Å². The quantitative estimate of drug-likeness (QED) is 0.190. The average Bonchev–Trinajstić information content (AvgIpc) is 3.33. The second-order valence-electron chi connectivity index (χ2n) is 10.2. The van der Waals surface area contributed by atoms with Gasteiger partial charge in [-0.1, -0.05) is 56.3 Å². The molecule has 214 valence electrons. The maximum Gasteiger partial charge on any atom is 0.322 e. The zero-order valence-electron chi connectivity index (χ0n) is 23.2. The maximum atomic E-state index is 13.2. The standard InChI is InChI=1S/C32H29N3O6S/c1-19(2)29(32(37)38)35-42(39,40)25-15-11-22(12-16-25)21-9-13-24(14-10-21)34-31(36)30-20(3)28-26(7-4-8-27(28)41-30)23-6-5-17-33-18-23/h4-19,29,35H,1-3H3,(H,34,36)(H,37,38)/t29-/m0/s1. The minimum absolute atomic E-state index is 0.0325. The molecule has 0 aliphatic heterocycles. The maximum absolute atomic E-state index is 13.2. The van der Waals surface area contributed by atoms with Crippen LogP contribution >= 0.6 is 0 Å². The van der Waals surface area contributed by atoms with Crippen molar-refractivity contribution in [2.75, 3.05) is 5.32 Å². The van der Waals surface area contributed by atoms with E-state index in [1.807, 2.05) is 49.4 Å². The summed E-state index contributed by atoms with van der Waals surface area (Å²) in [5, 5.41) is 13.1. The predicted molar refractivity (Wildman–Crippen MR) is 161 cm³/mol. The first-order chi connectivity index (χ1) is 20.0. The van der Waals surface area contributed by atoms with Gasteiger partial charge in [0.15, 0.2) is 5.76 Å². The molecule has 0 unspecified atom stereocenters. The third kappa shape index (κ3) is 5.81. The molecule has 5 rings (SSSR count). The lowest BCUT2D eigenvalue weighted by atomic mass is 10.00. The molecule has 5 aromatic rings. The Hall–Kier alpha value is -4.80. The molecule has 0 radical (unpaired) electrons. The third-order valence-corrected chi connectivity index (χ3v) is 8.45. The number of furan rings is 1. The predicted octanol–water partition coefficient (Wildman–Crippen LogP) is 6.11. The number of aliphatic carboxylic acids is 1. The van der Waals surface area contributed by atoms with Crippen LogP contribution in [0, 0.1) is 12.8 Å². The van der Waals surface area contributed by atoms with E-state index in [1.165, 1.54) is 12.1 Å². The average molecular weight is 584 g/mol. The first-order valence-corrected chi connectivity index (χ1v) is 14.7. The van der Waals surface area contributed by atoms with Gasteiger partial charge in [-0.2, -0.15) is 4.72 Å². The Morgan fingerprint density at radius 1 is 0.881 bits per heavy atom. The van der Waals surface area contributed by atoms with Crippen molar-refractivity contribution in [2.45, 2.75) is 31.7 Å². The second kappa shape index (κ2) is 11.6. The number of sulfonamides is 1. The molecule has 2 aromatic heterocycles. The highest BCUT2D eigenvalue weighted by atomic mass is 32.2. The molecule has 0 spiro atoms. The van der Waals surface area contributed by atoms with E-state index in [2.05, 4.69) is 15.0 Å². The van der Waals surface area contributed by atoms with Gasteiger partial charge in [0.1, 0.15) is 11.6 Å². The van der Waals surface area contributed by atoms with Crippen molar-refractivity contribution in [2.24, 2.45) is 5.92 Å². The fraction of sp³-hybridized carbons (Fsp3) is 0.156. The topological polar surface area (TPSA) is 139 Å². The summed E-state index contributed by atoms with van der Waals surface area (Å²) >= 11 is 0. The zero-order chi connectivity index (χ0) is 30.0. The monoisotopic (exact) mass is 583 g/mol. The van der Waals surface area contributed by atoms with Crippen molar-refractivity contribution in [3.05, 3.63) is 103 Å². The van der Waals surface area contributed by atoms with E-state index in [0.717, 1.165) is 33.2 Å². The van der Waals surface area contributed by atoms with Gasteiger partial charge in [-0.25, -0.2) is 8.42 Å². The van der Waals surface area contributed by atoms with Gasteiger partial charge in [-0.3, -0.25) is 14.6 Å². The molecule has 0 bridgehead atoms. The number of carboxylic acid groups (broad SMARTS) is 1. The number of hydrogen-bond donors (Lipinski definition) is 3. The number of rotatable bonds is 9. The molecule has 0 fully saturated rings. The molecule has 42 heavy (non-hydrogen) atoms. The fourth-order valence-electron chi connectivity index (χ4n) is 4.75. The van der Waals surface area contributed by atoms with Crippen LogP contribution in [-0.4, -0.2) is 36.4 Å². The van der Waals surface area contributed by atoms with Gasteiger partial charge in [0.2, 0.25) is 10.0 Å². The number of hydrogen-bond acceptors (Lipinski definition) is 6. The van der Waals surface area contributed by atoms with Crippen LogP contribution in [0.25, 0.3) is 33.2 Å². The van der Waals surface area contributed by atoms with Crippen LogP contribution in [0.3, 0.4) is 0 Å². The van der Waals surface area contributed by atoms with E-state index in [4.69, 9.17) is 4.42 Å². The van der Waals surface area contributed by atoms with E-state index in [0.29, 0.717) is 11.3 Å². The van der Waals surface area contributed by atoms with Gasteiger partial charge in [-0.05, 0) is 65.9 Å². The number of benzene rings is 3. The van der Waals surface area contributed by atoms with Gasteiger partial charge < -0.3 is 14.8 Å². The van der Waals surface area contributed by atoms with Crippen molar-refractivity contribution in [1.29, 1.82) is 0 Å². The molecule has 0 aliphatic rings. The number of nitrogens with one attached hydrogen (secondary N) is 2. The van der Waals surface area contributed by atoms with Crippen LogP contribution in [0.4, 0.5) is 5.69 Å². The Morgan fingerprint density at radius 2 is 1.55 bits per heavy atom. The highest BCUT2D eigenvalue weighted by molar-refractivity contribution is 7.89. The van der Waals surface area contributed by atoms with E-state index >= 15 is 0 Å². The summed E-state index contributed by atoms with van der Waals surface area (Å²) < 4.78 is 33.6. The lowest BCUT2D eigenvalue weighted by molar-refractivity contribution is -0.140. The molecule has 3 N–H and O–H groups in total. The number of aromatic nitrogens is 1. The molecular formula is C32H29N3O6S. The number of aryl methyl sites for hydroxylation is 1. The Morgan fingerprint density at radius 3 is 2.14 bits per heavy atom. The minimum atomic E-state index is -4.02. The number of carboxylic acids is 1. The number of nitrogens with zero attached hydrogens (tertiary/aromatic N) is 1. The Labute approximate surface area is 243 Å². The summed E-state index contributed by atoms with van der Waals surface area (Å²) in [6.45, 7) is 5.12. The number of amides is 1. The molecule has 3 aromatic carbocycles. The summed E-state index contributed by atoms with van der Waals surface area (Å²) in [7, 11) is -4.02. The molecular weight excluding hydrogens is 554 g/mol. The fourth-order valence-corrected chi connectivity index (χ4v) is 6.09. The SMILES string of the molecule is Cc1c(C(=O)Nc2ccc(-c3ccc(S(=O)(=O)N[C@H](C(=O)O)C(C)C)cc3)cc2)oc2cccc(-c3cccnc3)c12. The number of anilines is 1. The first-order valence-electron chi connectivity index (χ1n) is 13.2. The Kier molecular flexibility index (Phi) is 7.93. The van der Waals surface area contributed by atoms with Gasteiger partial charge >= 0.3 is 5.97 Å². The lowest BCUT2D eigenvalue weighted by Gasteiger charge is -2.18. The molecule has 0 saturated heterocycles. The smallest absolute Gasteiger partial charge is 0.322 e. The van der Waals surface area contributed by atoms with Gasteiger partial charge in [0, 0.05) is 34.6 Å². The highest BCUT2D eigenvalue weighted by Gasteiger charge is 2.28. The number of carbonyl (C=O) groups is 2. The zero-order valence-corrected chi connectivity index (χ0v) is 24.0. The van der Waals surface area contributed by atoms with Crippen molar-refractivity contribution >= 4 is 38.6 Å². The number of pyridine rings is 1. The summed E-state index contributed by atoms with van der Waals surface area (Å²) in [4.78, 5) is 28.8. The molecule has 2 heterocycles. The largest absolute Gasteiger partial charge is 0.480 e. The highest BCUT2D eigenvalue weighted by Crippen LogP contribution is 2.34. The second-order valence-corrected chi connectivity index (χ2v) is 11.9. The van der Waals surface area contributed by atoms with Crippen LogP contribution in [-0.2, 0) is 14.8 Å². The van der Waals surface area contributed by atoms with E-state index < -0.39 is 28.0 Å². The molecule has 9 nitrogen and oxygen atoms in total. The summed E-state index contributed by atoms with van der Waals surface area (Å²) in [5.41, 5.74) is 5.31. The van der Waals surface area contributed by atoms with Gasteiger partial charge in [-0.15, -0.1) is 0 Å². The Bertz CT molecular complexity index is 1860. The normalized spacial score (nSPS) is 12.4. The summed E-state index contributed by atoms with van der Waals surface area (Å²) in [5.74, 6) is -1.81. The van der Waals surface area contributed by atoms with Crippen LogP contribution in [0.5, 0.6) is 0 Å². The molecule has 1 atom stereocenters. The van der Waals surface area contributed by atoms with Crippen molar-refractivity contribution < 1.29 is 27.5 Å². The Balaban J connectivity index is 1.32. The molecule has 1 amide bonds. The minimum Gasteiger partial charge on any atom is -0.480 e. The van der Waals surface area contributed by atoms with Gasteiger partial charge in [0.05, 0.1) is 4.90 Å². The molecule has 0 saturated carbocycles. The van der Waals surface area contributed by atoms with Crippen LogP contribution in [0.15, 0.2) is 101 Å². The van der Waals surface area contributed by atoms with E-state index in [-0.39, 0.29) is 16.6 Å². The lowest BCUT2D eigenvalue weighted by Crippen LogP contribution is -2.44. The first kappa shape index (κ1) is 28.7. The summed E-state index contributed by atoms with van der Waals surface area (Å²) in [6.07, 6.45) is 3.48. The third-order valence-electron chi connectivity index (χ3n) is 6.99. The van der Waals surface area contributed by atoms with Crippen molar-refractivity contribution in [1.82, 2.24) is 9.71 Å². The molecule has 0 aliphatic carbocycles. The van der Waals surface area contributed by atoms with Crippen LogP contribution in [0.1, 0.15) is 30.0 Å².